The maximum atomic E-state index is 12.2. The topological polar surface area (TPSA) is 34.1 Å². The Morgan fingerprint density at radius 3 is 2.39 bits per heavy atom. The smallest absolute Gasteiger partial charge is 0.178 e. The summed E-state index contributed by atoms with van der Waals surface area (Å²) in [6.07, 6.45) is 1.53. The predicted octanol–water partition coefficient (Wildman–Crippen LogP) is 3.73. The molecule has 1 atom stereocenters. The zero-order valence-electron chi connectivity index (χ0n) is 11.2. The Kier molecular flexibility index (Phi) is 5.67. The van der Waals surface area contributed by atoms with Crippen molar-refractivity contribution >= 4 is 21.4 Å². The van der Waals surface area contributed by atoms with Crippen LogP contribution in [0.4, 0.5) is 0 Å². The minimum atomic E-state index is -3.16. The number of halogens is 1. The lowest BCUT2D eigenvalue weighted by molar-refractivity contribution is 0.534. The van der Waals surface area contributed by atoms with Gasteiger partial charge in [-0.25, -0.2) is 8.42 Å². The fourth-order valence-corrected chi connectivity index (χ4v) is 3.66. The van der Waals surface area contributed by atoms with Gasteiger partial charge in [0.1, 0.15) is 0 Å². The Hall–Kier alpha value is -0.540. The van der Waals surface area contributed by atoms with E-state index in [1.165, 1.54) is 0 Å². The molecular formula is C14H21ClO2S. The van der Waals surface area contributed by atoms with Gasteiger partial charge in [0.25, 0.3) is 0 Å². The molecule has 0 bridgehead atoms. The van der Waals surface area contributed by atoms with E-state index in [2.05, 4.69) is 0 Å². The molecule has 1 unspecified atom stereocenters. The van der Waals surface area contributed by atoms with Crippen LogP contribution in [0.1, 0.15) is 30.9 Å². The van der Waals surface area contributed by atoms with Gasteiger partial charge < -0.3 is 0 Å². The highest BCUT2D eigenvalue weighted by Gasteiger charge is 2.16. The van der Waals surface area contributed by atoms with Crippen LogP contribution < -0.4 is 0 Å². The highest BCUT2D eigenvalue weighted by Crippen LogP contribution is 2.19. The predicted molar refractivity (Wildman–Crippen MR) is 77.1 cm³/mol. The third-order valence-corrected chi connectivity index (χ3v) is 5.28. The summed E-state index contributed by atoms with van der Waals surface area (Å²) in [6.45, 7) is 5.96. The Labute approximate surface area is 115 Å². The van der Waals surface area contributed by atoms with E-state index >= 15 is 0 Å². The molecule has 0 aromatic heterocycles. The molecular weight excluding hydrogens is 268 g/mol. The van der Waals surface area contributed by atoms with E-state index in [1.807, 2.05) is 26.8 Å². The van der Waals surface area contributed by atoms with Crippen molar-refractivity contribution in [3.05, 3.63) is 29.3 Å². The Bertz CT molecular complexity index is 495. The molecule has 1 aromatic carbocycles. The van der Waals surface area contributed by atoms with Gasteiger partial charge in [0.05, 0.1) is 10.6 Å². The van der Waals surface area contributed by atoms with Gasteiger partial charge in [-0.1, -0.05) is 13.0 Å². The molecule has 0 amide bonds. The molecule has 0 N–H and O–H groups in total. The van der Waals surface area contributed by atoms with Crippen molar-refractivity contribution in [1.82, 2.24) is 0 Å². The Balaban J connectivity index is 2.77. The lowest BCUT2D eigenvalue weighted by Crippen LogP contribution is -2.11. The summed E-state index contributed by atoms with van der Waals surface area (Å²) in [7, 11) is -3.16. The third-order valence-electron chi connectivity index (χ3n) is 3.32. The van der Waals surface area contributed by atoms with Gasteiger partial charge in [-0.05, 0) is 55.9 Å². The highest BCUT2D eigenvalue weighted by molar-refractivity contribution is 7.91. The van der Waals surface area contributed by atoms with Crippen LogP contribution in [0.3, 0.4) is 0 Å². The van der Waals surface area contributed by atoms with Gasteiger partial charge >= 0.3 is 0 Å². The van der Waals surface area contributed by atoms with Gasteiger partial charge in [-0.2, -0.15) is 0 Å². The largest absolute Gasteiger partial charge is 0.224 e. The standard InChI is InChI=1S/C14H21ClO2S/c1-11(6-8-15)7-9-18(16,17)14-5-4-12(2)13(3)10-14/h4-5,10-11H,6-9H2,1-3H3. The summed E-state index contributed by atoms with van der Waals surface area (Å²) < 4.78 is 24.3. The Morgan fingerprint density at radius 1 is 1.17 bits per heavy atom. The van der Waals surface area contributed by atoms with E-state index < -0.39 is 9.84 Å². The molecule has 0 saturated heterocycles. The number of hydrogen-bond acceptors (Lipinski definition) is 2. The van der Waals surface area contributed by atoms with Gasteiger partial charge in [-0.3, -0.25) is 0 Å². The normalized spacial score (nSPS) is 13.6. The monoisotopic (exact) mass is 288 g/mol. The van der Waals surface area contributed by atoms with E-state index in [1.54, 1.807) is 12.1 Å². The van der Waals surface area contributed by atoms with Gasteiger partial charge in [0.2, 0.25) is 0 Å². The van der Waals surface area contributed by atoms with Crippen LogP contribution in [-0.2, 0) is 9.84 Å². The van der Waals surface area contributed by atoms with Crippen molar-refractivity contribution in [1.29, 1.82) is 0 Å². The lowest BCUT2D eigenvalue weighted by Gasteiger charge is -2.11. The first-order valence-corrected chi connectivity index (χ1v) is 8.41. The van der Waals surface area contributed by atoms with Crippen LogP contribution in [0.5, 0.6) is 0 Å². The molecule has 0 heterocycles. The van der Waals surface area contributed by atoms with Crippen LogP contribution >= 0.6 is 11.6 Å². The number of benzene rings is 1. The Morgan fingerprint density at radius 2 is 1.83 bits per heavy atom. The summed E-state index contributed by atoms with van der Waals surface area (Å²) in [5, 5.41) is 0. The first-order valence-electron chi connectivity index (χ1n) is 6.23. The second kappa shape index (κ2) is 6.58. The molecule has 0 aliphatic heterocycles. The zero-order valence-corrected chi connectivity index (χ0v) is 12.8. The first kappa shape index (κ1) is 15.5. The molecule has 102 valence electrons. The van der Waals surface area contributed by atoms with Crippen molar-refractivity contribution in [2.45, 2.75) is 38.5 Å². The van der Waals surface area contributed by atoms with E-state index in [-0.39, 0.29) is 5.75 Å². The molecule has 0 spiro atoms. The van der Waals surface area contributed by atoms with E-state index in [0.717, 1.165) is 17.5 Å². The number of aryl methyl sites for hydroxylation is 2. The molecule has 2 nitrogen and oxygen atoms in total. The fourth-order valence-electron chi connectivity index (χ4n) is 1.71. The number of hydrogen-bond donors (Lipinski definition) is 0. The highest BCUT2D eigenvalue weighted by atomic mass is 35.5. The molecule has 0 aliphatic carbocycles. The minimum absolute atomic E-state index is 0.202. The molecule has 0 saturated carbocycles. The van der Waals surface area contributed by atoms with Crippen LogP contribution in [0.15, 0.2) is 23.1 Å². The average molecular weight is 289 g/mol. The van der Waals surface area contributed by atoms with Crippen LogP contribution in [0.25, 0.3) is 0 Å². The zero-order chi connectivity index (χ0) is 13.8. The summed E-state index contributed by atoms with van der Waals surface area (Å²) in [4.78, 5) is 0.434. The number of sulfone groups is 1. The maximum absolute atomic E-state index is 12.2. The SMILES string of the molecule is Cc1ccc(S(=O)(=O)CCC(C)CCCl)cc1C. The molecule has 0 fully saturated rings. The van der Waals surface area contributed by atoms with Crippen molar-refractivity contribution in [3.8, 4) is 0 Å². The van der Waals surface area contributed by atoms with E-state index in [0.29, 0.717) is 23.1 Å². The van der Waals surface area contributed by atoms with Crippen LogP contribution in [-0.4, -0.2) is 20.1 Å². The third kappa shape index (κ3) is 4.29. The summed E-state index contributed by atoms with van der Waals surface area (Å²) in [5.74, 6) is 1.14. The quantitative estimate of drug-likeness (QED) is 0.748. The lowest BCUT2D eigenvalue weighted by atomic mass is 10.1. The van der Waals surface area contributed by atoms with E-state index in [4.69, 9.17) is 11.6 Å². The first-order chi connectivity index (χ1) is 8.36. The van der Waals surface area contributed by atoms with Gasteiger partial charge in [0, 0.05) is 5.88 Å². The molecule has 0 aliphatic rings. The molecule has 4 heteroatoms. The van der Waals surface area contributed by atoms with Crippen molar-refractivity contribution in [3.63, 3.8) is 0 Å². The van der Waals surface area contributed by atoms with Gasteiger partial charge in [0.15, 0.2) is 9.84 Å². The maximum Gasteiger partial charge on any atom is 0.178 e. The van der Waals surface area contributed by atoms with Crippen LogP contribution in [0.2, 0.25) is 0 Å². The second-order valence-electron chi connectivity index (χ2n) is 4.94. The second-order valence-corrected chi connectivity index (χ2v) is 7.42. The summed E-state index contributed by atoms with van der Waals surface area (Å²) in [5.41, 5.74) is 2.13. The van der Waals surface area contributed by atoms with Crippen molar-refractivity contribution in [2.24, 2.45) is 5.92 Å². The summed E-state index contributed by atoms with van der Waals surface area (Å²) >= 11 is 5.65. The van der Waals surface area contributed by atoms with E-state index in [9.17, 15) is 8.42 Å². The minimum Gasteiger partial charge on any atom is -0.224 e. The fraction of sp³-hybridized carbons (Fsp3) is 0.571. The average Bonchev–Trinajstić information content (AvgIpc) is 2.30. The molecule has 1 rings (SSSR count). The molecule has 0 radical (unpaired) electrons. The summed E-state index contributed by atoms with van der Waals surface area (Å²) in [6, 6.07) is 5.32. The molecule has 1 aromatic rings. The van der Waals surface area contributed by atoms with Gasteiger partial charge in [-0.15, -0.1) is 11.6 Å². The number of alkyl halides is 1. The molecule has 18 heavy (non-hydrogen) atoms. The van der Waals surface area contributed by atoms with Crippen LogP contribution in [0, 0.1) is 19.8 Å². The van der Waals surface area contributed by atoms with Crippen molar-refractivity contribution < 1.29 is 8.42 Å². The number of rotatable bonds is 6. The van der Waals surface area contributed by atoms with Crippen molar-refractivity contribution in [2.75, 3.05) is 11.6 Å².